The molecule has 9 heteroatoms. The highest BCUT2D eigenvalue weighted by atomic mass is 35.5. The summed E-state index contributed by atoms with van der Waals surface area (Å²) in [4.78, 5) is 42.8. The molecule has 0 atom stereocenters. The molecular weight excluding hydrogens is 408 g/mol. The molecule has 2 aromatic rings. The predicted octanol–water partition coefficient (Wildman–Crippen LogP) is 2.95. The van der Waals surface area contributed by atoms with Crippen LogP contribution >= 0.6 is 11.6 Å². The number of hydrogen-bond donors (Lipinski definition) is 1. The Bertz CT molecular complexity index is 1050. The minimum Gasteiger partial charge on any atom is -0.494 e. The zero-order valence-electron chi connectivity index (χ0n) is 16.9. The summed E-state index contributed by atoms with van der Waals surface area (Å²) in [5.74, 6) is 0.494. The van der Waals surface area contributed by atoms with E-state index >= 15 is 0 Å². The summed E-state index contributed by atoms with van der Waals surface area (Å²) in [6.45, 7) is 0.280. The third kappa shape index (κ3) is 4.14. The van der Waals surface area contributed by atoms with E-state index in [1.807, 2.05) is 11.9 Å². The van der Waals surface area contributed by atoms with Gasteiger partial charge in [-0.2, -0.15) is 0 Å². The first-order valence-corrected chi connectivity index (χ1v) is 10.7. The summed E-state index contributed by atoms with van der Waals surface area (Å²) in [6, 6.07) is 3.54. The van der Waals surface area contributed by atoms with Crippen LogP contribution in [0.5, 0.6) is 5.75 Å². The van der Waals surface area contributed by atoms with E-state index < -0.39 is 0 Å². The molecule has 2 aliphatic rings. The second-order valence-corrected chi connectivity index (χ2v) is 8.33. The summed E-state index contributed by atoms with van der Waals surface area (Å²) in [7, 11) is 1.89. The molecule has 0 radical (unpaired) electrons. The number of ether oxygens (including phenoxy) is 1. The van der Waals surface area contributed by atoms with Gasteiger partial charge >= 0.3 is 0 Å². The molecule has 160 valence electrons. The average Bonchev–Trinajstić information content (AvgIpc) is 3.13. The van der Waals surface area contributed by atoms with Crippen LogP contribution in [0.25, 0.3) is 10.9 Å². The zero-order chi connectivity index (χ0) is 21.3. The average molecular weight is 433 g/mol. The third-order valence-corrected chi connectivity index (χ3v) is 6.15. The number of nitrogens with zero attached hydrogens (tertiary/aromatic N) is 3. The van der Waals surface area contributed by atoms with E-state index in [1.165, 1.54) is 23.8 Å². The van der Waals surface area contributed by atoms with Gasteiger partial charge in [0.15, 0.2) is 0 Å². The number of hydrogen-bond acceptors (Lipinski definition) is 5. The van der Waals surface area contributed by atoms with Gasteiger partial charge in [-0.25, -0.2) is 4.98 Å². The largest absolute Gasteiger partial charge is 0.494 e. The van der Waals surface area contributed by atoms with Gasteiger partial charge in [0.05, 0.1) is 22.5 Å². The molecule has 1 aliphatic heterocycles. The van der Waals surface area contributed by atoms with E-state index in [2.05, 4.69) is 10.3 Å². The molecule has 1 fully saturated rings. The SMILES string of the molecule is CN(C(=O)CCCOc1cc(Cl)c2nc3n(c(=O)c2c1)CC(=O)N3)C1CCCCC1. The van der Waals surface area contributed by atoms with E-state index in [-0.39, 0.29) is 34.9 Å². The van der Waals surface area contributed by atoms with E-state index in [1.54, 1.807) is 12.1 Å². The predicted molar refractivity (Wildman–Crippen MR) is 114 cm³/mol. The van der Waals surface area contributed by atoms with Crippen molar-refractivity contribution in [1.29, 1.82) is 0 Å². The Hall–Kier alpha value is -2.61. The number of aromatic nitrogens is 2. The molecule has 1 aromatic heterocycles. The van der Waals surface area contributed by atoms with Crippen LogP contribution in [0.4, 0.5) is 5.95 Å². The molecule has 0 spiro atoms. The minimum atomic E-state index is -0.343. The fourth-order valence-corrected chi connectivity index (χ4v) is 4.41. The monoisotopic (exact) mass is 432 g/mol. The number of carbonyl (C=O) groups is 2. The maximum absolute atomic E-state index is 12.7. The fraction of sp³-hybridized carbons (Fsp3) is 0.524. The van der Waals surface area contributed by atoms with Gasteiger partial charge in [-0.1, -0.05) is 30.9 Å². The van der Waals surface area contributed by atoms with E-state index in [0.717, 1.165) is 12.8 Å². The molecule has 1 aliphatic carbocycles. The number of nitrogens with one attached hydrogen (secondary N) is 1. The topological polar surface area (TPSA) is 93.5 Å². The Morgan fingerprint density at radius 2 is 2.07 bits per heavy atom. The molecule has 1 N–H and O–H groups in total. The van der Waals surface area contributed by atoms with Gasteiger partial charge in [-0.05, 0) is 25.3 Å². The van der Waals surface area contributed by atoms with Crippen LogP contribution in [0.2, 0.25) is 5.02 Å². The number of benzene rings is 1. The van der Waals surface area contributed by atoms with Crippen molar-refractivity contribution in [3.05, 3.63) is 27.5 Å². The standard InChI is InChI=1S/C21H25ClN4O4/c1-25(13-6-3-2-4-7-13)18(28)8-5-9-30-14-10-15-19(16(22)11-14)24-21-23-17(27)12-26(21)20(15)29/h10-11,13H,2-9,12H2,1H3,(H,23,24,27). The van der Waals surface area contributed by atoms with Crippen LogP contribution in [0.3, 0.4) is 0 Å². The molecule has 0 bridgehead atoms. The van der Waals surface area contributed by atoms with E-state index in [9.17, 15) is 14.4 Å². The summed E-state index contributed by atoms with van der Waals surface area (Å²) >= 11 is 6.30. The van der Waals surface area contributed by atoms with Crippen molar-refractivity contribution >= 4 is 40.3 Å². The maximum atomic E-state index is 12.7. The number of amides is 2. The molecule has 0 saturated heterocycles. The lowest BCUT2D eigenvalue weighted by atomic mass is 9.94. The first-order chi connectivity index (χ1) is 14.4. The van der Waals surface area contributed by atoms with Crippen LogP contribution < -0.4 is 15.6 Å². The van der Waals surface area contributed by atoms with Gasteiger partial charge in [-0.3, -0.25) is 24.3 Å². The van der Waals surface area contributed by atoms with Crippen LogP contribution in [-0.4, -0.2) is 46.0 Å². The fourth-order valence-electron chi connectivity index (χ4n) is 4.15. The molecule has 30 heavy (non-hydrogen) atoms. The summed E-state index contributed by atoms with van der Waals surface area (Å²) < 4.78 is 7.03. The normalized spacial score (nSPS) is 16.4. The Kier molecular flexibility index (Phi) is 5.94. The summed E-state index contributed by atoms with van der Waals surface area (Å²) in [6.07, 6.45) is 6.80. The lowest BCUT2D eigenvalue weighted by Crippen LogP contribution is -2.38. The first kappa shape index (κ1) is 20.7. The van der Waals surface area contributed by atoms with Gasteiger partial charge in [0.25, 0.3) is 5.56 Å². The number of fused-ring (bicyclic) bond motifs is 2. The summed E-state index contributed by atoms with van der Waals surface area (Å²) in [5, 5.41) is 3.12. The van der Waals surface area contributed by atoms with Crippen LogP contribution in [-0.2, 0) is 16.1 Å². The highest BCUT2D eigenvalue weighted by molar-refractivity contribution is 6.35. The van der Waals surface area contributed by atoms with Crippen molar-refractivity contribution < 1.29 is 14.3 Å². The molecule has 1 saturated carbocycles. The Labute approximate surface area is 179 Å². The van der Waals surface area contributed by atoms with Gasteiger partial charge in [0.2, 0.25) is 17.8 Å². The number of carbonyl (C=O) groups excluding carboxylic acids is 2. The van der Waals surface area contributed by atoms with E-state index in [0.29, 0.717) is 42.1 Å². The van der Waals surface area contributed by atoms with Crippen LogP contribution in [0.15, 0.2) is 16.9 Å². The molecule has 4 rings (SSSR count). The summed E-state index contributed by atoms with van der Waals surface area (Å²) in [5.41, 5.74) is -0.0169. The Morgan fingerprint density at radius 3 is 2.83 bits per heavy atom. The number of anilines is 1. The van der Waals surface area contributed by atoms with Gasteiger partial charge < -0.3 is 9.64 Å². The van der Waals surface area contributed by atoms with Crippen molar-refractivity contribution in [3.8, 4) is 5.75 Å². The number of rotatable bonds is 6. The van der Waals surface area contributed by atoms with Crippen molar-refractivity contribution in [3.63, 3.8) is 0 Å². The lowest BCUT2D eigenvalue weighted by Gasteiger charge is -2.31. The minimum absolute atomic E-state index is 0.0591. The van der Waals surface area contributed by atoms with Crippen molar-refractivity contribution in [1.82, 2.24) is 14.5 Å². The quantitative estimate of drug-likeness (QED) is 0.708. The third-order valence-electron chi connectivity index (χ3n) is 5.86. The first-order valence-electron chi connectivity index (χ1n) is 10.4. The Balaban J connectivity index is 1.38. The molecule has 1 aromatic carbocycles. The van der Waals surface area contributed by atoms with E-state index in [4.69, 9.17) is 16.3 Å². The van der Waals surface area contributed by atoms with Gasteiger partial charge in [0, 0.05) is 25.6 Å². The van der Waals surface area contributed by atoms with Gasteiger partial charge in [-0.15, -0.1) is 0 Å². The molecule has 0 unspecified atom stereocenters. The smallest absolute Gasteiger partial charge is 0.263 e. The molecule has 2 heterocycles. The zero-order valence-corrected chi connectivity index (χ0v) is 17.7. The molecular formula is C21H25ClN4O4. The van der Waals surface area contributed by atoms with Crippen molar-refractivity contribution in [2.75, 3.05) is 19.0 Å². The molecule has 8 nitrogen and oxygen atoms in total. The van der Waals surface area contributed by atoms with Crippen LogP contribution in [0, 0.1) is 0 Å². The highest BCUT2D eigenvalue weighted by Crippen LogP contribution is 2.28. The Morgan fingerprint density at radius 1 is 1.30 bits per heavy atom. The lowest BCUT2D eigenvalue weighted by molar-refractivity contribution is -0.132. The van der Waals surface area contributed by atoms with Crippen LogP contribution in [0.1, 0.15) is 44.9 Å². The number of halogens is 1. The second kappa shape index (κ2) is 8.63. The van der Waals surface area contributed by atoms with Crippen molar-refractivity contribution in [2.45, 2.75) is 57.5 Å². The molecule has 2 amide bonds. The highest BCUT2D eigenvalue weighted by Gasteiger charge is 2.23. The second-order valence-electron chi connectivity index (χ2n) is 7.92. The maximum Gasteiger partial charge on any atom is 0.263 e. The van der Waals surface area contributed by atoms with Crippen molar-refractivity contribution in [2.24, 2.45) is 0 Å². The van der Waals surface area contributed by atoms with Gasteiger partial charge in [0.1, 0.15) is 12.3 Å².